The number of H-pyrrole nitrogens is 2. The molecule has 3 amide bonds. The van der Waals surface area contributed by atoms with Crippen molar-refractivity contribution in [1.29, 1.82) is 0 Å². The zero-order valence-corrected chi connectivity index (χ0v) is 30.0. The van der Waals surface area contributed by atoms with Crippen LogP contribution in [0.5, 0.6) is 0 Å². The molecule has 0 bridgehead atoms. The number of hydrogen-bond donors (Lipinski definition) is 6. The Bertz CT molecular complexity index is 2160. The lowest BCUT2D eigenvalue weighted by Gasteiger charge is -2.51. The molecular formula is C38H46N10O4. The molecule has 2 atom stereocenters. The lowest BCUT2D eigenvalue weighted by molar-refractivity contribution is -0.249. The molecule has 0 unspecified atom stereocenters. The van der Waals surface area contributed by atoms with Crippen LogP contribution in [-0.2, 0) is 46.9 Å². The smallest absolute Gasteiger partial charge is 0.243 e. The average Bonchev–Trinajstić information content (AvgIpc) is 3.86. The van der Waals surface area contributed by atoms with Crippen molar-refractivity contribution < 1.29 is 19.6 Å². The fourth-order valence-corrected chi connectivity index (χ4v) is 8.70. The molecule has 0 saturated carbocycles. The summed E-state index contributed by atoms with van der Waals surface area (Å²) in [5, 5.41) is 31.9. The van der Waals surface area contributed by atoms with Crippen LogP contribution in [0, 0.1) is 0 Å². The summed E-state index contributed by atoms with van der Waals surface area (Å²) < 4.78 is 1.81. The number of aromatic nitrogens is 5. The Labute approximate surface area is 301 Å². The lowest BCUT2D eigenvalue weighted by atomic mass is 9.79. The highest BCUT2D eigenvalue weighted by Gasteiger charge is 2.46. The highest BCUT2D eigenvalue weighted by atomic mass is 16.5. The van der Waals surface area contributed by atoms with Gasteiger partial charge in [-0.25, -0.2) is 4.68 Å². The predicted octanol–water partition coefficient (Wildman–Crippen LogP) is 3.22. The molecule has 0 aliphatic carbocycles. The summed E-state index contributed by atoms with van der Waals surface area (Å²) >= 11 is 0. The summed E-state index contributed by atoms with van der Waals surface area (Å²) in [5.74, 6) is -0.903. The number of rotatable bonds is 7. The predicted molar refractivity (Wildman–Crippen MR) is 194 cm³/mol. The van der Waals surface area contributed by atoms with Crippen molar-refractivity contribution >= 4 is 39.5 Å². The molecule has 14 nitrogen and oxygen atoms in total. The van der Waals surface area contributed by atoms with Crippen LogP contribution in [0.15, 0.2) is 54.7 Å². The van der Waals surface area contributed by atoms with E-state index in [4.69, 9.17) is 0 Å². The first kappa shape index (κ1) is 34.1. The second-order valence-corrected chi connectivity index (χ2v) is 15.8. The van der Waals surface area contributed by atoms with Crippen LogP contribution in [-0.4, -0.2) is 87.6 Å². The van der Waals surface area contributed by atoms with Crippen LogP contribution in [0.4, 0.5) is 0 Å². The van der Waals surface area contributed by atoms with Crippen LogP contribution in [0.25, 0.3) is 21.8 Å². The summed E-state index contributed by atoms with van der Waals surface area (Å²) in [4.78, 5) is 49.8. The first-order valence-electron chi connectivity index (χ1n) is 18.0. The Balaban J connectivity index is 0.938. The van der Waals surface area contributed by atoms with Crippen LogP contribution in [0.3, 0.4) is 0 Å². The van der Waals surface area contributed by atoms with Gasteiger partial charge in [-0.1, -0.05) is 41.6 Å². The number of amides is 3. The highest BCUT2D eigenvalue weighted by Crippen LogP contribution is 2.42. The molecule has 1 fully saturated rings. The fraction of sp³-hybridized carbons (Fsp3) is 0.447. The Kier molecular flexibility index (Phi) is 8.43. The first-order valence-corrected chi connectivity index (χ1v) is 18.0. The Morgan fingerprint density at radius 2 is 1.52 bits per heavy atom. The SMILES string of the molecule is CC1(C)CC(n2cc(CNC(=O)CNC(=O)[C@@H]3Cc4c([nH]c5ccccc45)CN3C(=O)[C@@H]3Cc4c([nH]c5ccccc45)CN3)nn2)CC(C)(C)N1O. The quantitative estimate of drug-likeness (QED) is 0.150. The number of aromatic amines is 2. The molecule has 0 radical (unpaired) electrons. The number of hydroxylamine groups is 2. The third-order valence-corrected chi connectivity index (χ3v) is 11.2. The third-order valence-electron chi connectivity index (χ3n) is 11.2. The molecule has 0 spiro atoms. The fourth-order valence-electron chi connectivity index (χ4n) is 8.70. The zero-order valence-electron chi connectivity index (χ0n) is 30.0. The minimum absolute atomic E-state index is 0.0386. The molecule has 6 N–H and O–H groups in total. The van der Waals surface area contributed by atoms with Crippen molar-refractivity contribution in [3.05, 3.63) is 82.9 Å². The lowest BCUT2D eigenvalue weighted by Crippen LogP contribution is -2.59. The number of piperidine rings is 1. The summed E-state index contributed by atoms with van der Waals surface area (Å²) in [5.41, 5.74) is 5.85. The van der Waals surface area contributed by atoms with Crippen molar-refractivity contribution in [3.63, 3.8) is 0 Å². The average molecular weight is 707 g/mol. The maximum absolute atomic E-state index is 14.3. The van der Waals surface area contributed by atoms with E-state index in [0.29, 0.717) is 37.9 Å². The number of nitrogens with zero attached hydrogens (tertiary/aromatic N) is 5. The maximum atomic E-state index is 14.3. The number of benzene rings is 2. The van der Waals surface area contributed by atoms with Gasteiger partial charge in [0.2, 0.25) is 17.7 Å². The molecular weight excluding hydrogens is 660 g/mol. The molecule has 6 heterocycles. The number of para-hydroxylation sites is 2. The van der Waals surface area contributed by atoms with Crippen molar-refractivity contribution in [2.45, 2.75) is 102 Å². The van der Waals surface area contributed by atoms with Crippen molar-refractivity contribution in [2.75, 3.05) is 6.54 Å². The van der Waals surface area contributed by atoms with Gasteiger partial charge in [0, 0.05) is 57.2 Å². The van der Waals surface area contributed by atoms with Crippen molar-refractivity contribution in [3.8, 4) is 0 Å². The number of hydrogen-bond acceptors (Lipinski definition) is 8. The number of carbonyl (C=O) groups is 3. The molecule has 3 aromatic heterocycles. The van der Waals surface area contributed by atoms with Gasteiger partial charge in [0.05, 0.1) is 37.9 Å². The highest BCUT2D eigenvalue weighted by molar-refractivity contribution is 5.95. The first-order chi connectivity index (χ1) is 24.9. The second-order valence-electron chi connectivity index (χ2n) is 15.8. The minimum Gasteiger partial charge on any atom is -0.357 e. The Hall–Kier alpha value is -5.05. The summed E-state index contributed by atoms with van der Waals surface area (Å²) in [6.45, 7) is 8.69. The largest absolute Gasteiger partial charge is 0.357 e. The van der Waals surface area contributed by atoms with Gasteiger partial charge < -0.3 is 30.7 Å². The van der Waals surface area contributed by atoms with Gasteiger partial charge in [-0.05, 0) is 70.2 Å². The Morgan fingerprint density at radius 1 is 0.885 bits per heavy atom. The normalized spacial score (nSPS) is 21.5. The molecule has 3 aliphatic rings. The van der Waals surface area contributed by atoms with Crippen LogP contribution in [0.1, 0.15) is 74.8 Å². The van der Waals surface area contributed by atoms with Gasteiger partial charge >= 0.3 is 0 Å². The van der Waals surface area contributed by atoms with Crippen LogP contribution < -0.4 is 16.0 Å². The molecule has 8 rings (SSSR count). The van der Waals surface area contributed by atoms with Gasteiger partial charge in [0.1, 0.15) is 11.7 Å². The van der Waals surface area contributed by atoms with Crippen molar-refractivity contribution in [1.82, 2.24) is 50.9 Å². The van der Waals surface area contributed by atoms with E-state index in [9.17, 15) is 19.6 Å². The van der Waals surface area contributed by atoms with E-state index in [-0.39, 0.29) is 43.4 Å². The standard InChI is InChI=1S/C38H46N10O4/c1-37(2)15-23(16-38(3,4)48(37)52)47-20-22(44-45-47)17-40-34(49)19-41-35(50)33-14-27-25-10-6-8-12-29(25)43-32(27)21-46(33)36(51)30-13-26-24-9-5-7-11-28(24)42-31(26)18-39-30/h5-12,20,23,30,33,39,42-43,52H,13-19,21H2,1-4H3,(H,40,49)(H,41,50)/t30-,33-/m0/s1. The van der Waals surface area contributed by atoms with E-state index < -0.39 is 23.2 Å². The number of carbonyl (C=O) groups excluding carboxylic acids is 3. The van der Waals surface area contributed by atoms with E-state index >= 15 is 0 Å². The molecule has 1 saturated heterocycles. The molecule has 272 valence electrons. The van der Waals surface area contributed by atoms with Gasteiger partial charge in [0.25, 0.3) is 0 Å². The van der Waals surface area contributed by atoms with Gasteiger partial charge in [-0.2, -0.15) is 5.06 Å². The summed E-state index contributed by atoms with van der Waals surface area (Å²) in [7, 11) is 0. The zero-order chi connectivity index (χ0) is 36.4. The van der Waals surface area contributed by atoms with E-state index in [0.717, 1.165) is 44.3 Å². The number of nitrogens with one attached hydrogen (secondary N) is 5. The molecule has 2 aromatic carbocycles. The van der Waals surface area contributed by atoms with E-state index in [2.05, 4.69) is 42.3 Å². The van der Waals surface area contributed by atoms with Crippen LogP contribution >= 0.6 is 0 Å². The summed E-state index contributed by atoms with van der Waals surface area (Å²) in [6.07, 6.45) is 4.04. The van der Waals surface area contributed by atoms with E-state index in [1.807, 2.05) is 81.0 Å². The second kappa shape index (κ2) is 12.9. The maximum Gasteiger partial charge on any atom is 0.243 e. The van der Waals surface area contributed by atoms with Crippen LogP contribution in [0.2, 0.25) is 0 Å². The Morgan fingerprint density at radius 3 is 2.21 bits per heavy atom. The molecule has 5 aromatic rings. The molecule has 3 aliphatic heterocycles. The monoisotopic (exact) mass is 706 g/mol. The third kappa shape index (κ3) is 6.14. The number of fused-ring (bicyclic) bond motifs is 6. The van der Waals surface area contributed by atoms with Crippen molar-refractivity contribution in [2.24, 2.45) is 0 Å². The van der Waals surface area contributed by atoms with E-state index in [1.165, 1.54) is 5.06 Å². The molecule has 52 heavy (non-hydrogen) atoms. The van der Waals surface area contributed by atoms with Gasteiger partial charge in [-0.15, -0.1) is 5.10 Å². The van der Waals surface area contributed by atoms with Gasteiger partial charge in [-0.3, -0.25) is 19.7 Å². The minimum atomic E-state index is -0.795. The van der Waals surface area contributed by atoms with E-state index in [1.54, 1.807) is 4.90 Å². The topological polar surface area (TPSA) is 176 Å². The van der Waals surface area contributed by atoms with Gasteiger partial charge in [0.15, 0.2) is 0 Å². The molecule has 14 heteroatoms. The summed E-state index contributed by atoms with van der Waals surface area (Å²) in [6, 6.07) is 14.8.